The van der Waals surface area contributed by atoms with Gasteiger partial charge in [0, 0.05) is 17.3 Å². The van der Waals surface area contributed by atoms with Gasteiger partial charge >= 0.3 is 0 Å². The first kappa shape index (κ1) is 12.9. The van der Waals surface area contributed by atoms with E-state index in [1.54, 1.807) is 24.2 Å². The Kier molecular flexibility index (Phi) is 3.84. The average molecular weight is 282 g/mol. The number of hydrogen-bond donors (Lipinski definition) is 1. The summed E-state index contributed by atoms with van der Waals surface area (Å²) in [5, 5.41) is 4.72. The van der Waals surface area contributed by atoms with Gasteiger partial charge in [0.2, 0.25) is 0 Å². The van der Waals surface area contributed by atoms with Crippen molar-refractivity contribution in [1.29, 1.82) is 0 Å². The Morgan fingerprint density at radius 1 is 1.56 bits per heavy atom. The summed E-state index contributed by atoms with van der Waals surface area (Å²) in [7, 11) is 1.62. The van der Waals surface area contributed by atoms with Crippen molar-refractivity contribution in [2.75, 3.05) is 7.11 Å². The lowest BCUT2D eigenvalue weighted by Gasteiger charge is -2.10. The first-order valence-electron chi connectivity index (χ1n) is 5.25. The van der Waals surface area contributed by atoms with Crippen molar-refractivity contribution >= 4 is 28.8 Å². The lowest BCUT2D eigenvalue weighted by molar-refractivity contribution is 0.407. The minimum absolute atomic E-state index is 0.359. The predicted molar refractivity (Wildman–Crippen MR) is 75.2 cm³/mol. The minimum Gasteiger partial charge on any atom is -0.496 e. The van der Waals surface area contributed by atoms with Crippen molar-refractivity contribution in [3.05, 3.63) is 46.7 Å². The van der Waals surface area contributed by atoms with Crippen LogP contribution >= 0.6 is 23.8 Å². The third-order valence-electron chi connectivity index (χ3n) is 2.50. The third-order valence-corrected chi connectivity index (χ3v) is 2.93. The van der Waals surface area contributed by atoms with Gasteiger partial charge < -0.3 is 10.5 Å². The van der Waals surface area contributed by atoms with Crippen molar-refractivity contribution in [3.63, 3.8) is 0 Å². The Balaban J connectivity index is 2.35. The van der Waals surface area contributed by atoms with Crippen molar-refractivity contribution in [2.45, 2.75) is 6.54 Å². The number of nitrogens with zero attached hydrogens (tertiary/aromatic N) is 2. The first-order chi connectivity index (χ1) is 8.60. The first-order valence-corrected chi connectivity index (χ1v) is 6.03. The lowest BCUT2D eigenvalue weighted by Crippen LogP contribution is -2.11. The molecule has 0 saturated carbocycles. The normalized spacial score (nSPS) is 10.3. The smallest absolute Gasteiger partial charge is 0.123 e. The number of ether oxygens (including phenoxy) is 1. The molecule has 1 heterocycles. The van der Waals surface area contributed by atoms with E-state index in [4.69, 9.17) is 34.3 Å². The fourth-order valence-electron chi connectivity index (χ4n) is 1.65. The molecule has 0 spiro atoms. The number of hydrogen-bond acceptors (Lipinski definition) is 3. The molecule has 0 aliphatic rings. The fraction of sp³-hybridized carbons (Fsp3) is 0.167. The van der Waals surface area contributed by atoms with Crippen LogP contribution in [0.2, 0.25) is 5.02 Å². The molecule has 2 aromatic rings. The van der Waals surface area contributed by atoms with Gasteiger partial charge in [-0.2, -0.15) is 5.10 Å². The van der Waals surface area contributed by atoms with Crippen molar-refractivity contribution in [1.82, 2.24) is 9.78 Å². The van der Waals surface area contributed by atoms with Gasteiger partial charge in [-0.3, -0.25) is 4.68 Å². The van der Waals surface area contributed by atoms with E-state index < -0.39 is 0 Å². The number of rotatable bonds is 4. The SMILES string of the molecule is COc1ccc(C(N)=S)cc1Cn1cc(Cl)cn1. The molecule has 0 saturated heterocycles. The fourth-order valence-corrected chi connectivity index (χ4v) is 1.94. The van der Waals surface area contributed by atoms with E-state index in [9.17, 15) is 0 Å². The van der Waals surface area contributed by atoms with Crippen LogP contribution in [0.3, 0.4) is 0 Å². The van der Waals surface area contributed by atoms with Gasteiger partial charge in [0.15, 0.2) is 0 Å². The zero-order valence-electron chi connectivity index (χ0n) is 9.76. The molecule has 1 aromatic carbocycles. The summed E-state index contributed by atoms with van der Waals surface area (Å²) in [5.74, 6) is 0.765. The Bertz CT molecular complexity index is 582. The van der Waals surface area contributed by atoms with E-state index in [2.05, 4.69) is 5.10 Å². The Hall–Kier alpha value is -1.59. The largest absolute Gasteiger partial charge is 0.496 e. The minimum atomic E-state index is 0.359. The number of aromatic nitrogens is 2. The summed E-state index contributed by atoms with van der Waals surface area (Å²) in [4.78, 5) is 0.359. The molecule has 2 rings (SSSR count). The molecule has 0 aliphatic carbocycles. The van der Waals surface area contributed by atoms with Gasteiger partial charge in [-0.15, -0.1) is 0 Å². The molecule has 1 aromatic heterocycles. The highest BCUT2D eigenvalue weighted by Crippen LogP contribution is 2.21. The third kappa shape index (κ3) is 2.80. The van der Waals surface area contributed by atoms with Gasteiger partial charge in [-0.05, 0) is 18.2 Å². The summed E-state index contributed by atoms with van der Waals surface area (Å²) in [6, 6.07) is 5.58. The lowest BCUT2D eigenvalue weighted by atomic mass is 10.1. The van der Waals surface area contributed by atoms with Crippen LogP contribution in [0.5, 0.6) is 5.75 Å². The van der Waals surface area contributed by atoms with Gasteiger partial charge in [-0.25, -0.2) is 0 Å². The number of thiocarbonyl (C=S) groups is 1. The molecule has 0 fully saturated rings. The van der Waals surface area contributed by atoms with Crippen LogP contribution in [-0.2, 0) is 6.54 Å². The Labute approximate surface area is 115 Å². The summed E-state index contributed by atoms with van der Waals surface area (Å²) in [5.41, 5.74) is 7.37. The van der Waals surface area contributed by atoms with Crippen LogP contribution in [0, 0.1) is 0 Å². The maximum absolute atomic E-state index is 5.83. The van der Waals surface area contributed by atoms with Gasteiger partial charge in [0.1, 0.15) is 10.7 Å². The number of methoxy groups -OCH3 is 1. The Morgan fingerprint density at radius 3 is 2.89 bits per heavy atom. The van der Waals surface area contributed by atoms with Crippen LogP contribution in [-0.4, -0.2) is 21.9 Å². The maximum Gasteiger partial charge on any atom is 0.123 e. The molecule has 0 aliphatic heterocycles. The second kappa shape index (κ2) is 5.37. The molecule has 4 nitrogen and oxygen atoms in total. The highest BCUT2D eigenvalue weighted by Gasteiger charge is 2.07. The molecule has 0 unspecified atom stereocenters. The number of benzene rings is 1. The highest BCUT2D eigenvalue weighted by atomic mass is 35.5. The molecule has 6 heteroatoms. The second-order valence-corrected chi connectivity index (χ2v) is 4.62. The standard InChI is InChI=1S/C12H12ClN3OS/c1-17-11-3-2-8(12(14)18)4-9(11)6-16-7-10(13)5-15-16/h2-5,7H,6H2,1H3,(H2,14,18). The van der Waals surface area contributed by atoms with E-state index in [-0.39, 0.29) is 0 Å². The van der Waals surface area contributed by atoms with E-state index in [1.807, 2.05) is 18.2 Å². The van der Waals surface area contributed by atoms with Crippen LogP contribution in [0.4, 0.5) is 0 Å². The summed E-state index contributed by atoms with van der Waals surface area (Å²) < 4.78 is 7.03. The van der Waals surface area contributed by atoms with Crippen molar-refractivity contribution in [3.8, 4) is 5.75 Å². The molecule has 0 atom stereocenters. The van der Waals surface area contributed by atoms with E-state index in [1.165, 1.54) is 0 Å². The summed E-state index contributed by atoms with van der Waals surface area (Å²) in [6.45, 7) is 0.548. The van der Waals surface area contributed by atoms with Crippen molar-refractivity contribution < 1.29 is 4.74 Å². The van der Waals surface area contributed by atoms with Crippen LogP contribution in [0.15, 0.2) is 30.6 Å². The number of nitrogens with two attached hydrogens (primary N) is 1. The second-order valence-electron chi connectivity index (χ2n) is 3.75. The van der Waals surface area contributed by atoms with Gasteiger partial charge in [-0.1, -0.05) is 23.8 Å². The monoisotopic (exact) mass is 281 g/mol. The molecule has 0 amide bonds. The Morgan fingerprint density at radius 2 is 2.33 bits per heavy atom. The molecular weight excluding hydrogens is 270 g/mol. The van der Waals surface area contributed by atoms with E-state index >= 15 is 0 Å². The highest BCUT2D eigenvalue weighted by molar-refractivity contribution is 7.80. The number of halogens is 1. The summed E-state index contributed by atoms with van der Waals surface area (Å²) >= 11 is 10.8. The molecule has 0 radical (unpaired) electrons. The van der Waals surface area contributed by atoms with Gasteiger partial charge in [0.25, 0.3) is 0 Å². The zero-order chi connectivity index (χ0) is 13.1. The van der Waals surface area contributed by atoms with Crippen molar-refractivity contribution in [2.24, 2.45) is 5.73 Å². The molecule has 94 valence electrons. The molecule has 0 bridgehead atoms. The zero-order valence-corrected chi connectivity index (χ0v) is 11.3. The molecular formula is C12H12ClN3OS. The average Bonchev–Trinajstić information content (AvgIpc) is 2.74. The van der Waals surface area contributed by atoms with Gasteiger partial charge in [0.05, 0.1) is 24.9 Å². The predicted octanol–water partition coefficient (Wildman–Crippen LogP) is 2.23. The molecule has 2 N–H and O–H groups in total. The maximum atomic E-state index is 5.83. The van der Waals surface area contributed by atoms with Crippen LogP contribution < -0.4 is 10.5 Å². The van der Waals surface area contributed by atoms with Crippen LogP contribution in [0.1, 0.15) is 11.1 Å². The van der Waals surface area contributed by atoms with Crippen LogP contribution in [0.25, 0.3) is 0 Å². The quantitative estimate of drug-likeness (QED) is 0.873. The van der Waals surface area contributed by atoms with E-state index in [0.717, 1.165) is 16.9 Å². The van der Waals surface area contributed by atoms with E-state index in [0.29, 0.717) is 16.6 Å². The topological polar surface area (TPSA) is 53.1 Å². The molecule has 18 heavy (non-hydrogen) atoms. The summed E-state index contributed by atoms with van der Waals surface area (Å²) in [6.07, 6.45) is 3.33.